The third-order valence-corrected chi connectivity index (χ3v) is 3.20. The third-order valence-electron chi connectivity index (χ3n) is 3.20. The maximum Gasteiger partial charge on any atom is 0.341 e. The van der Waals surface area contributed by atoms with Crippen molar-refractivity contribution in [3.8, 4) is 5.75 Å². The molecule has 0 spiro atoms. The molecule has 1 atom stereocenters. The lowest BCUT2D eigenvalue weighted by atomic mass is 10.2. The number of nitrogens with zero attached hydrogens (tertiary/aromatic N) is 1. The Kier molecular flexibility index (Phi) is 6.52. The van der Waals surface area contributed by atoms with Crippen LogP contribution in [0.15, 0.2) is 24.3 Å². The minimum atomic E-state index is -1.06. The average Bonchev–Trinajstić information content (AvgIpc) is 2.46. The normalized spacial score (nSPS) is 11.6. The Morgan fingerprint density at radius 3 is 2.57 bits per heavy atom. The molecule has 0 fully saturated rings. The third kappa shape index (κ3) is 4.98. The summed E-state index contributed by atoms with van der Waals surface area (Å²) in [5.41, 5.74) is 0.463. The maximum absolute atomic E-state index is 12.3. The fraction of sp³-hybridized carbons (Fsp3) is 0.467. The molecule has 0 aliphatic rings. The number of anilines is 1. The number of benzene rings is 1. The molecule has 2 N–H and O–H groups in total. The van der Waals surface area contributed by atoms with E-state index in [4.69, 9.17) is 9.84 Å². The van der Waals surface area contributed by atoms with E-state index in [0.717, 1.165) is 6.42 Å². The van der Waals surface area contributed by atoms with Gasteiger partial charge in [-0.05, 0) is 32.4 Å². The molecule has 1 unspecified atom stereocenters. The molecular formula is C15H22N2O4. The van der Waals surface area contributed by atoms with Crippen molar-refractivity contribution in [3.05, 3.63) is 24.3 Å². The molecule has 0 heterocycles. The highest BCUT2D eigenvalue weighted by Crippen LogP contribution is 2.24. The summed E-state index contributed by atoms with van der Waals surface area (Å²) < 4.78 is 5.17. The second kappa shape index (κ2) is 8.14. The van der Waals surface area contributed by atoms with Crippen molar-refractivity contribution in [1.29, 1.82) is 0 Å². The summed E-state index contributed by atoms with van der Waals surface area (Å²) in [5.74, 6) is -0.723. The molecule has 0 aliphatic heterocycles. The summed E-state index contributed by atoms with van der Waals surface area (Å²) in [6.45, 7) is 6.06. The molecular weight excluding hydrogens is 272 g/mol. The molecule has 0 aromatic heterocycles. The molecule has 2 amide bonds. The molecule has 0 bridgehead atoms. The van der Waals surface area contributed by atoms with Crippen molar-refractivity contribution >= 4 is 17.7 Å². The first-order chi connectivity index (χ1) is 9.99. The Hall–Kier alpha value is -2.24. The molecule has 6 nitrogen and oxygen atoms in total. The van der Waals surface area contributed by atoms with Gasteiger partial charge in [0.15, 0.2) is 6.61 Å². The number of carboxylic acids is 1. The van der Waals surface area contributed by atoms with E-state index in [-0.39, 0.29) is 12.1 Å². The number of carbonyl (C=O) groups is 2. The van der Waals surface area contributed by atoms with Crippen molar-refractivity contribution < 1.29 is 19.4 Å². The van der Waals surface area contributed by atoms with E-state index in [2.05, 4.69) is 5.32 Å². The van der Waals surface area contributed by atoms with Crippen LogP contribution in [-0.4, -0.2) is 41.2 Å². The minimum absolute atomic E-state index is 0.127. The van der Waals surface area contributed by atoms with Gasteiger partial charge in [0.1, 0.15) is 5.75 Å². The Morgan fingerprint density at radius 1 is 1.33 bits per heavy atom. The van der Waals surface area contributed by atoms with Gasteiger partial charge >= 0.3 is 12.0 Å². The molecule has 1 aromatic carbocycles. The Morgan fingerprint density at radius 2 is 2.00 bits per heavy atom. The van der Waals surface area contributed by atoms with E-state index < -0.39 is 12.6 Å². The number of ether oxygens (including phenoxy) is 1. The first kappa shape index (κ1) is 16.8. The molecule has 116 valence electrons. The smallest absolute Gasteiger partial charge is 0.341 e. The van der Waals surface area contributed by atoms with Gasteiger partial charge in [-0.1, -0.05) is 19.1 Å². The number of hydrogen-bond donors (Lipinski definition) is 2. The van der Waals surface area contributed by atoms with E-state index in [0.29, 0.717) is 18.0 Å². The molecule has 0 saturated heterocycles. The van der Waals surface area contributed by atoms with Gasteiger partial charge in [-0.25, -0.2) is 9.59 Å². The number of nitrogens with one attached hydrogen (secondary N) is 1. The highest BCUT2D eigenvalue weighted by molar-refractivity contribution is 5.91. The van der Waals surface area contributed by atoms with Crippen LogP contribution < -0.4 is 10.1 Å². The molecule has 0 aliphatic carbocycles. The predicted molar refractivity (Wildman–Crippen MR) is 80.7 cm³/mol. The minimum Gasteiger partial charge on any atom is -0.480 e. The van der Waals surface area contributed by atoms with Gasteiger partial charge in [-0.2, -0.15) is 0 Å². The first-order valence-electron chi connectivity index (χ1n) is 7.00. The zero-order valence-electron chi connectivity index (χ0n) is 12.6. The van der Waals surface area contributed by atoms with E-state index in [1.807, 2.05) is 20.8 Å². The van der Waals surface area contributed by atoms with Crippen LogP contribution in [0.4, 0.5) is 10.5 Å². The van der Waals surface area contributed by atoms with E-state index >= 15 is 0 Å². The fourth-order valence-corrected chi connectivity index (χ4v) is 1.90. The molecule has 6 heteroatoms. The Balaban J connectivity index is 2.81. The van der Waals surface area contributed by atoms with Gasteiger partial charge < -0.3 is 20.1 Å². The lowest BCUT2D eigenvalue weighted by Crippen LogP contribution is -2.41. The lowest BCUT2D eigenvalue weighted by molar-refractivity contribution is -0.139. The first-order valence-corrected chi connectivity index (χ1v) is 7.00. The van der Waals surface area contributed by atoms with Gasteiger partial charge in [0, 0.05) is 12.6 Å². The number of carbonyl (C=O) groups excluding carboxylic acids is 1. The zero-order valence-corrected chi connectivity index (χ0v) is 12.6. The van der Waals surface area contributed by atoms with Crippen LogP contribution in [0.2, 0.25) is 0 Å². The van der Waals surface area contributed by atoms with Crippen molar-refractivity contribution in [1.82, 2.24) is 4.90 Å². The van der Waals surface area contributed by atoms with Gasteiger partial charge in [-0.3, -0.25) is 0 Å². The molecule has 1 aromatic rings. The molecule has 21 heavy (non-hydrogen) atoms. The second-order valence-electron chi connectivity index (χ2n) is 4.65. The van der Waals surface area contributed by atoms with E-state index in [1.165, 1.54) is 0 Å². The predicted octanol–water partition coefficient (Wildman–Crippen LogP) is 2.80. The standard InChI is InChI=1S/C15H22N2O4/c1-4-11(3)17(5-2)15(20)16-12-8-6-7-9-13(12)21-10-14(18)19/h6-9,11H,4-5,10H2,1-3H3,(H,16,20)(H,18,19). The number of hydrogen-bond acceptors (Lipinski definition) is 3. The van der Waals surface area contributed by atoms with Crippen molar-refractivity contribution in [2.24, 2.45) is 0 Å². The summed E-state index contributed by atoms with van der Waals surface area (Å²) in [4.78, 5) is 24.6. The average molecular weight is 294 g/mol. The number of rotatable bonds is 7. The summed E-state index contributed by atoms with van der Waals surface area (Å²) in [5, 5.41) is 11.4. The molecule has 0 saturated carbocycles. The lowest BCUT2D eigenvalue weighted by Gasteiger charge is -2.27. The van der Waals surface area contributed by atoms with Gasteiger partial charge in [0.2, 0.25) is 0 Å². The quantitative estimate of drug-likeness (QED) is 0.810. The van der Waals surface area contributed by atoms with Crippen LogP contribution in [0.25, 0.3) is 0 Å². The van der Waals surface area contributed by atoms with E-state index in [9.17, 15) is 9.59 Å². The van der Waals surface area contributed by atoms with Crippen molar-refractivity contribution in [2.45, 2.75) is 33.2 Å². The number of urea groups is 1. The van der Waals surface area contributed by atoms with Gasteiger partial charge in [-0.15, -0.1) is 0 Å². The van der Waals surface area contributed by atoms with Crippen LogP contribution in [0, 0.1) is 0 Å². The van der Waals surface area contributed by atoms with Gasteiger partial charge in [0.05, 0.1) is 5.69 Å². The summed E-state index contributed by atoms with van der Waals surface area (Å²) in [7, 11) is 0. The topological polar surface area (TPSA) is 78.9 Å². The highest BCUT2D eigenvalue weighted by Gasteiger charge is 2.18. The Labute approximate surface area is 124 Å². The Bertz CT molecular complexity index is 490. The molecule has 0 radical (unpaired) electrons. The van der Waals surface area contributed by atoms with Crippen molar-refractivity contribution in [2.75, 3.05) is 18.5 Å². The SMILES string of the molecule is CCC(C)N(CC)C(=O)Nc1ccccc1OCC(=O)O. The van der Waals surface area contributed by atoms with Gasteiger partial charge in [0.25, 0.3) is 0 Å². The van der Waals surface area contributed by atoms with Crippen LogP contribution >= 0.6 is 0 Å². The largest absolute Gasteiger partial charge is 0.480 e. The fourth-order valence-electron chi connectivity index (χ4n) is 1.90. The zero-order chi connectivity index (χ0) is 15.8. The van der Waals surface area contributed by atoms with Crippen LogP contribution in [0.1, 0.15) is 27.2 Å². The highest BCUT2D eigenvalue weighted by atomic mass is 16.5. The molecule has 1 rings (SSSR count). The number of amides is 2. The van der Waals surface area contributed by atoms with E-state index in [1.54, 1.807) is 29.2 Å². The van der Waals surface area contributed by atoms with Crippen LogP contribution in [-0.2, 0) is 4.79 Å². The second-order valence-corrected chi connectivity index (χ2v) is 4.65. The summed E-state index contributed by atoms with van der Waals surface area (Å²) >= 11 is 0. The van der Waals surface area contributed by atoms with Crippen LogP contribution in [0.3, 0.4) is 0 Å². The maximum atomic E-state index is 12.3. The number of carboxylic acid groups (broad SMARTS) is 1. The summed E-state index contributed by atoms with van der Waals surface area (Å²) in [6.07, 6.45) is 0.860. The monoisotopic (exact) mass is 294 g/mol. The number of para-hydroxylation sites is 2. The van der Waals surface area contributed by atoms with Crippen molar-refractivity contribution in [3.63, 3.8) is 0 Å². The summed E-state index contributed by atoms with van der Waals surface area (Å²) in [6, 6.07) is 6.68. The number of aliphatic carboxylic acids is 1. The van der Waals surface area contributed by atoms with Crippen LogP contribution in [0.5, 0.6) is 5.75 Å².